The summed E-state index contributed by atoms with van der Waals surface area (Å²) in [5.41, 5.74) is 4.05. The highest BCUT2D eigenvalue weighted by molar-refractivity contribution is 5.80. The molecule has 182 valence electrons. The Hall–Kier alpha value is -3.49. The van der Waals surface area contributed by atoms with Crippen LogP contribution >= 0.6 is 0 Å². The second-order valence-electron chi connectivity index (χ2n) is 8.63. The Bertz CT molecular complexity index is 998. The standard InChI is InChI=1S/C25H28F2N2O5/c1-14(2)20(12-23(31)32)28-22(30)11-21(24(26)27)29-25(33)34-13-19-17-9-5-3-7-15(17)16-8-4-6-10-18(16)19/h3-10,14,19-21,24H,11-13H2,1-2H3,(H,28,30)(H,29,33)(H,31,32). The Morgan fingerprint density at radius 2 is 1.47 bits per heavy atom. The highest BCUT2D eigenvalue weighted by Crippen LogP contribution is 2.44. The van der Waals surface area contributed by atoms with Crippen LogP contribution in [-0.2, 0) is 14.3 Å². The Balaban J connectivity index is 1.59. The van der Waals surface area contributed by atoms with Gasteiger partial charge < -0.3 is 20.5 Å². The Morgan fingerprint density at radius 3 is 1.97 bits per heavy atom. The first-order valence-electron chi connectivity index (χ1n) is 11.1. The third-order valence-electron chi connectivity index (χ3n) is 5.90. The normalized spacial score (nSPS) is 14.3. The van der Waals surface area contributed by atoms with E-state index < -0.39 is 42.9 Å². The first kappa shape index (κ1) is 25.1. The number of halogens is 2. The van der Waals surface area contributed by atoms with Crippen molar-refractivity contribution in [3.63, 3.8) is 0 Å². The molecule has 2 unspecified atom stereocenters. The molecule has 0 fully saturated rings. The van der Waals surface area contributed by atoms with Crippen LogP contribution in [0.5, 0.6) is 0 Å². The quantitative estimate of drug-likeness (QED) is 0.480. The number of alkyl carbamates (subject to hydrolysis) is 1. The number of hydrogen-bond acceptors (Lipinski definition) is 4. The summed E-state index contributed by atoms with van der Waals surface area (Å²) < 4.78 is 32.3. The first-order valence-corrected chi connectivity index (χ1v) is 11.1. The number of carboxylic acids is 1. The Labute approximate surface area is 196 Å². The SMILES string of the molecule is CC(C)C(CC(=O)O)NC(=O)CC(NC(=O)OCC1c2ccccc2-c2ccccc21)C(F)F. The number of nitrogens with one attached hydrogen (secondary N) is 2. The van der Waals surface area contributed by atoms with Crippen LogP contribution in [-0.4, -0.2) is 48.2 Å². The highest BCUT2D eigenvalue weighted by Gasteiger charge is 2.31. The number of fused-ring (bicyclic) bond motifs is 3. The third-order valence-corrected chi connectivity index (χ3v) is 5.90. The largest absolute Gasteiger partial charge is 0.481 e. The average Bonchev–Trinajstić information content (AvgIpc) is 3.10. The van der Waals surface area contributed by atoms with Crippen molar-refractivity contribution in [3.05, 3.63) is 59.7 Å². The van der Waals surface area contributed by atoms with Gasteiger partial charge in [0.1, 0.15) is 12.6 Å². The molecule has 2 atom stereocenters. The summed E-state index contributed by atoms with van der Waals surface area (Å²) in [6, 6.07) is 13.0. The van der Waals surface area contributed by atoms with Crippen LogP contribution in [0.4, 0.5) is 13.6 Å². The number of alkyl halides is 2. The zero-order valence-electron chi connectivity index (χ0n) is 19.0. The number of carboxylic acid groups (broad SMARTS) is 1. The molecule has 0 spiro atoms. The van der Waals surface area contributed by atoms with Gasteiger partial charge in [0.2, 0.25) is 5.91 Å². The number of ether oxygens (including phenoxy) is 1. The number of amides is 2. The molecule has 2 amide bonds. The van der Waals surface area contributed by atoms with E-state index in [1.807, 2.05) is 48.5 Å². The maximum atomic E-state index is 13.5. The molecule has 34 heavy (non-hydrogen) atoms. The van der Waals surface area contributed by atoms with Crippen molar-refractivity contribution in [2.45, 2.75) is 51.1 Å². The fourth-order valence-corrected chi connectivity index (χ4v) is 4.10. The van der Waals surface area contributed by atoms with E-state index in [0.717, 1.165) is 22.3 Å². The number of benzene rings is 2. The second-order valence-corrected chi connectivity index (χ2v) is 8.63. The number of carbonyl (C=O) groups excluding carboxylic acids is 2. The van der Waals surface area contributed by atoms with Crippen LogP contribution in [0.1, 0.15) is 43.7 Å². The van der Waals surface area contributed by atoms with E-state index in [0.29, 0.717) is 0 Å². The molecular formula is C25H28F2N2O5. The molecule has 7 nitrogen and oxygen atoms in total. The van der Waals surface area contributed by atoms with Gasteiger partial charge in [-0.1, -0.05) is 62.4 Å². The van der Waals surface area contributed by atoms with Gasteiger partial charge in [0.25, 0.3) is 6.43 Å². The summed E-state index contributed by atoms with van der Waals surface area (Å²) in [4.78, 5) is 35.5. The first-order chi connectivity index (χ1) is 16.2. The van der Waals surface area contributed by atoms with Crippen LogP contribution in [0.3, 0.4) is 0 Å². The van der Waals surface area contributed by atoms with Crippen molar-refractivity contribution in [2.75, 3.05) is 6.61 Å². The lowest BCUT2D eigenvalue weighted by molar-refractivity contribution is -0.138. The molecule has 2 aromatic rings. The molecule has 0 aliphatic heterocycles. The van der Waals surface area contributed by atoms with Gasteiger partial charge in [0, 0.05) is 12.0 Å². The van der Waals surface area contributed by atoms with Gasteiger partial charge in [-0.25, -0.2) is 13.6 Å². The van der Waals surface area contributed by atoms with Crippen molar-refractivity contribution in [1.29, 1.82) is 0 Å². The van der Waals surface area contributed by atoms with Gasteiger partial charge in [-0.3, -0.25) is 9.59 Å². The molecule has 0 bridgehead atoms. The van der Waals surface area contributed by atoms with Gasteiger partial charge >= 0.3 is 12.1 Å². The van der Waals surface area contributed by atoms with Gasteiger partial charge in [0.05, 0.1) is 12.8 Å². The minimum Gasteiger partial charge on any atom is -0.481 e. The van der Waals surface area contributed by atoms with Crippen LogP contribution in [0.25, 0.3) is 11.1 Å². The fraction of sp³-hybridized carbons (Fsp3) is 0.400. The van der Waals surface area contributed by atoms with Crippen LogP contribution in [0.15, 0.2) is 48.5 Å². The van der Waals surface area contributed by atoms with E-state index in [-0.39, 0.29) is 24.9 Å². The Morgan fingerprint density at radius 1 is 0.912 bits per heavy atom. The molecule has 1 aliphatic rings. The van der Waals surface area contributed by atoms with E-state index in [1.54, 1.807) is 13.8 Å². The minimum absolute atomic E-state index is 0.0456. The lowest BCUT2D eigenvalue weighted by Gasteiger charge is -2.23. The molecule has 0 saturated heterocycles. The van der Waals surface area contributed by atoms with Crippen molar-refractivity contribution < 1.29 is 33.0 Å². The molecule has 0 aromatic heterocycles. The Kier molecular flexibility index (Phi) is 8.20. The molecule has 0 heterocycles. The fourth-order valence-electron chi connectivity index (χ4n) is 4.10. The topological polar surface area (TPSA) is 105 Å². The average molecular weight is 475 g/mol. The lowest BCUT2D eigenvalue weighted by atomic mass is 9.98. The third kappa shape index (κ3) is 6.09. The monoisotopic (exact) mass is 474 g/mol. The van der Waals surface area contributed by atoms with Gasteiger partial charge in [-0.2, -0.15) is 0 Å². The van der Waals surface area contributed by atoms with E-state index in [2.05, 4.69) is 10.6 Å². The second kappa shape index (κ2) is 11.1. The van der Waals surface area contributed by atoms with E-state index in [9.17, 15) is 23.2 Å². The summed E-state index contributed by atoms with van der Waals surface area (Å²) in [5.74, 6) is -2.32. The van der Waals surface area contributed by atoms with Crippen LogP contribution in [0, 0.1) is 5.92 Å². The molecule has 2 aromatic carbocycles. The molecule has 3 N–H and O–H groups in total. The smallest absolute Gasteiger partial charge is 0.407 e. The summed E-state index contributed by atoms with van der Waals surface area (Å²) in [5, 5.41) is 13.5. The molecule has 1 aliphatic carbocycles. The van der Waals surface area contributed by atoms with Crippen molar-refractivity contribution in [1.82, 2.24) is 10.6 Å². The van der Waals surface area contributed by atoms with Crippen molar-refractivity contribution in [2.24, 2.45) is 5.92 Å². The van der Waals surface area contributed by atoms with Gasteiger partial charge in [0.15, 0.2) is 0 Å². The molecule has 0 saturated carbocycles. The van der Waals surface area contributed by atoms with Crippen molar-refractivity contribution in [3.8, 4) is 11.1 Å². The van der Waals surface area contributed by atoms with Gasteiger partial charge in [-0.05, 0) is 28.2 Å². The molecule has 3 rings (SSSR count). The maximum absolute atomic E-state index is 13.5. The summed E-state index contributed by atoms with van der Waals surface area (Å²) in [7, 11) is 0. The summed E-state index contributed by atoms with van der Waals surface area (Å²) >= 11 is 0. The molecule has 9 heteroatoms. The minimum atomic E-state index is -3.01. The molecular weight excluding hydrogens is 446 g/mol. The number of aliphatic carboxylic acids is 1. The predicted octanol–water partition coefficient (Wildman–Crippen LogP) is 4.16. The zero-order valence-corrected chi connectivity index (χ0v) is 19.0. The summed E-state index contributed by atoms with van der Waals surface area (Å²) in [6.07, 6.45) is -5.10. The zero-order chi connectivity index (χ0) is 24.8. The summed E-state index contributed by atoms with van der Waals surface area (Å²) in [6.45, 7) is 3.39. The predicted molar refractivity (Wildman–Crippen MR) is 122 cm³/mol. The molecule has 0 radical (unpaired) electrons. The van der Waals surface area contributed by atoms with E-state index >= 15 is 0 Å². The maximum Gasteiger partial charge on any atom is 0.407 e. The van der Waals surface area contributed by atoms with E-state index in [1.165, 1.54) is 0 Å². The number of carbonyl (C=O) groups is 3. The lowest BCUT2D eigenvalue weighted by Crippen LogP contribution is -2.47. The van der Waals surface area contributed by atoms with E-state index in [4.69, 9.17) is 9.84 Å². The number of hydrogen-bond donors (Lipinski definition) is 3. The highest BCUT2D eigenvalue weighted by atomic mass is 19.3. The van der Waals surface area contributed by atoms with Crippen LogP contribution < -0.4 is 10.6 Å². The number of rotatable bonds is 10. The van der Waals surface area contributed by atoms with Gasteiger partial charge in [-0.15, -0.1) is 0 Å². The van der Waals surface area contributed by atoms with Crippen LogP contribution in [0.2, 0.25) is 0 Å². The van der Waals surface area contributed by atoms with Crippen molar-refractivity contribution >= 4 is 18.0 Å².